The predicted molar refractivity (Wildman–Crippen MR) is 71.8 cm³/mol. The average molecular weight is 226 g/mol. The standard InChI is InChI=1S/C14H30N2/c1-3-9-15-10-4-5-11-16-12-6-7-14(2)8-13-16/h14-15H,3-13H2,1-2H3. The zero-order valence-corrected chi connectivity index (χ0v) is 11.3. The number of hydrogen-bond donors (Lipinski definition) is 1. The van der Waals surface area contributed by atoms with Crippen LogP contribution in [-0.2, 0) is 0 Å². The minimum atomic E-state index is 0.955. The van der Waals surface area contributed by atoms with Crippen LogP contribution in [0.4, 0.5) is 0 Å². The quantitative estimate of drug-likeness (QED) is 0.672. The maximum atomic E-state index is 3.47. The zero-order chi connectivity index (χ0) is 11.6. The van der Waals surface area contributed by atoms with Crippen LogP contribution in [0.1, 0.15) is 52.4 Å². The summed E-state index contributed by atoms with van der Waals surface area (Å²) in [5, 5.41) is 3.47. The Morgan fingerprint density at radius 1 is 1.12 bits per heavy atom. The largest absolute Gasteiger partial charge is 0.317 e. The van der Waals surface area contributed by atoms with Gasteiger partial charge in [0.05, 0.1) is 0 Å². The summed E-state index contributed by atoms with van der Waals surface area (Å²) in [6.45, 7) is 11.0. The molecule has 96 valence electrons. The lowest BCUT2D eigenvalue weighted by molar-refractivity contribution is 0.275. The highest BCUT2D eigenvalue weighted by Gasteiger charge is 2.12. The van der Waals surface area contributed by atoms with Crippen LogP contribution >= 0.6 is 0 Å². The van der Waals surface area contributed by atoms with Gasteiger partial charge in [-0.3, -0.25) is 0 Å². The lowest BCUT2D eigenvalue weighted by Gasteiger charge is -2.19. The van der Waals surface area contributed by atoms with Crippen LogP contribution in [0.15, 0.2) is 0 Å². The molecule has 0 aromatic rings. The number of unbranched alkanes of at least 4 members (excludes halogenated alkanes) is 1. The second-order valence-corrected chi connectivity index (χ2v) is 5.33. The molecule has 0 radical (unpaired) electrons. The first kappa shape index (κ1) is 14.0. The van der Waals surface area contributed by atoms with Crippen LogP contribution in [0.2, 0.25) is 0 Å². The average Bonchev–Trinajstić information content (AvgIpc) is 2.49. The van der Waals surface area contributed by atoms with Gasteiger partial charge >= 0.3 is 0 Å². The predicted octanol–water partition coefficient (Wildman–Crippen LogP) is 2.89. The van der Waals surface area contributed by atoms with Crippen molar-refractivity contribution in [3.05, 3.63) is 0 Å². The highest BCUT2D eigenvalue weighted by molar-refractivity contribution is 4.67. The van der Waals surface area contributed by atoms with Gasteiger partial charge in [-0.05, 0) is 77.2 Å². The summed E-state index contributed by atoms with van der Waals surface area (Å²) in [6.07, 6.45) is 8.22. The molecule has 0 amide bonds. The Labute approximate surface area is 102 Å². The third-order valence-electron chi connectivity index (χ3n) is 3.61. The maximum absolute atomic E-state index is 3.47. The fraction of sp³-hybridized carbons (Fsp3) is 1.00. The molecule has 2 nitrogen and oxygen atoms in total. The third-order valence-corrected chi connectivity index (χ3v) is 3.61. The lowest BCUT2D eigenvalue weighted by atomic mass is 10.0. The number of nitrogens with one attached hydrogen (secondary N) is 1. The van der Waals surface area contributed by atoms with Crippen molar-refractivity contribution in [3.8, 4) is 0 Å². The van der Waals surface area contributed by atoms with Crippen molar-refractivity contribution in [1.82, 2.24) is 10.2 Å². The van der Waals surface area contributed by atoms with Crippen LogP contribution in [0, 0.1) is 5.92 Å². The summed E-state index contributed by atoms with van der Waals surface area (Å²) in [5.74, 6) is 0.955. The molecule has 1 heterocycles. The number of hydrogen-bond acceptors (Lipinski definition) is 2. The first-order valence-electron chi connectivity index (χ1n) is 7.26. The summed E-state index contributed by atoms with van der Waals surface area (Å²) in [7, 11) is 0. The normalized spacial score (nSPS) is 23.2. The fourth-order valence-electron chi connectivity index (χ4n) is 2.43. The Bertz CT molecular complexity index is 159. The Hall–Kier alpha value is -0.0800. The highest BCUT2D eigenvalue weighted by atomic mass is 15.1. The molecule has 1 aliphatic rings. The molecule has 1 aliphatic heterocycles. The first-order chi connectivity index (χ1) is 7.83. The van der Waals surface area contributed by atoms with E-state index in [-0.39, 0.29) is 0 Å². The summed E-state index contributed by atoms with van der Waals surface area (Å²) in [5.41, 5.74) is 0. The minimum Gasteiger partial charge on any atom is -0.317 e. The molecule has 1 rings (SSSR count). The van der Waals surface area contributed by atoms with E-state index in [4.69, 9.17) is 0 Å². The second kappa shape index (κ2) is 9.00. The van der Waals surface area contributed by atoms with Crippen molar-refractivity contribution in [1.29, 1.82) is 0 Å². The van der Waals surface area contributed by atoms with Crippen molar-refractivity contribution in [2.75, 3.05) is 32.7 Å². The Balaban J connectivity index is 1.95. The van der Waals surface area contributed by atoms with Gasteiger partial charge < -0.3 is 10.2 Å². The summed E-state index contributed by atoms with van der Waals surface area (Å²) < 4.78 is 0. The highest BCUT2D eigenvalue weighted by Crippen LogP contribution is 2.16. The van der Waals surface area contributed by atoms with Gasteiger partial charge in [0, 0.05) is 0 Å². The Morgan fingerprint density at radius 2 is 2.00 bits per heavy atom. The zero-order valence-electron chi connectivity index (χ0n) is 11.3. The van der Waals surface area contributed by atoms with Gasteiger partial charge in [0.15, 0.2) is 0 Å². The molecule has 0 spiro atoms. The summed E-state index contributed by atoms with van der Waals surface area (Å²) in [4.78, 5) is 2.67. The number of nitrogens with zero attached hydrogens (tertiary/aromatic N) is 1. The molecule has 1 atom stereocenters. The van der Waals surface area contributed by atoms with E-state index in [2.05, 4.69) is 24.1 Å². The van der Waals surface area contributed by atoms with E-state index in [1.165, 1.54) is 71.2 Å². The van der Waals surface area contributed by atoms with Gasteiger partial charge in [-0.2, -0.15) is 0 Å². The summed E-state index contributed by atoms with van der Waals surface area (Å²) in [6, 6.07) is 0. The number of rotatable bonds is 7. The Morgan fingerprint density at radius 3 is 2.81 bits per heavy atom. The first-order valence-corrected chi connectivity index (χ1v) is 7.26. The maximum Gasteiger partial charge on any atom is -0.00162 e. The van der Waals surface area contributed by atoms with Gasteiger partial charge in [0.1, 0.15) is 0 Å². The van der Waals surface area contributed by atoms with E-state index in [0.29, 0.717) is 0 Å². The van der Waals surface area contributed by atoms with Gasteiger partial charge in [-0.25, -0.2) is 0 Å². The molecular formula is C14H30N2. The second-order valence-electron chi connectivity index (χ2n) is 5.33. The van der Waals surface area contributed by atoms with Crippen LogP contribution in [0.3, 0.4) is 0 Å². The Kier molecular flexibility index (Phi) is 7.87. The van der Waals surface area contributed by atoms with Crippen molar-refractivity contribution < 1.29 is 0 Å². The minimum absolute atomic E-state index is 0.955. The van der Waals surface area contributed by atoms with Gasteiger partial charge in [-0.15, -0.1) is 0 Å². The van der Waals surface area contributed by atoms with Crippen LogP contribution in [0.25, 0.3) is 0 Å². The van der Waals surface area contributed by atoms with E-state index in [9.17, 15) is 0 Å². The molecule has 0 bridgehead atoms. The molecule has 0 saturated carbocycles. The van der Waals surface area contributed by atoms with Crippen LogP contribution < -0.4 is 5.32 Å². The van der Waals surface area contributed by atoms with E-state index < -0.39 is 0 Å². The smallest absolute Gasteiger partial charge is 0.00162 e. The van der Waals surface area contributed by atoms with E-state index in [1.54, 1.807) is 0 Å². The lowest BCUT2D eigenvalue weighted by Crippen LogP contribution is -2.26. The van der Waals surface area contributed by atoms with Crippen molar-refractivity contribution in [2.24, 2.45) is 5.92 Å². The van der Waals surface area contributed by atoms with Crippen molar-refractivity contribution in [3.63, 3.8) is 0 Å². The number of likely N-dealkylation sites (tertiary alicyclic amines) is 1. The van der Waals surface area contributed by atoms with Crippen molar-refractivity contribution >= 4 is 0 Å². The molecule has 1 fully saturated rings. The van der Waals surface area contributed by atoms with Crippen LogP contribution in [-0.4, -0.2) is 37.6 Å². The van der Waals surface area contributed by atoms with Gasteiger partial charge in [0.25, 0.3) is 0 Å². The molecule has 1 N–H and O–H groups in total. The SMILES string of the molecule is CCCNCCCCN1CCCC(C)CC1. The van der Waals surface area contributed by atoms with Crippen LogP contribution in [0.5, 0.6) is 0 Å². The monoisotopic (exact) mass is 226 g/mol. The molecule has 2 heteroatoms. The molecule has 0 aromatic heterocycles. The summed E-state index contributed by atoms with van der Waals surface area (Å²) >= 11 is 0. The van der Waals surface area contributed by atoms with Gasteiger partial charge in [0.2, 0.25) is 0 Å². The fourth-order valence-corrected chi connectivity index (χ4v) is 2.43. The van der Waals surface area contributed by atoms with Crippen molar-refractivity contribution in [2.45, 2.75) is 52.4 Å². The van der Waals surface area contributed by atoms with E-state index >= 15 is 0 Å². The molecule has 1 saturated heterocycles. The van der Waals surface area contributed by atoms with E-state index in [0.717, 1.165) is 5.92 Å². The van der Waals surface area contributed by atoms with E-state index in [1.807, 2.05) is 0 Å². The molecule has 16 heavy (non-hydrogen) atoms. The third kappa shape index (κ3) is 6.49. The molecule has 0 aliphatic carbocycles. The topological polar surface area (TPSA) is 15.3 Å². The molecular weight excluding hydrogens is 196 g/mol. The molecule has 1 unspecified atom stereocenters. The van der Waals surface area contributed by atoms with Gasteiger partial charge in [-0.1, -0.05) is 13.8 Å². The molecule has 0 aromatic carbocycles.